The Morgan fingerprint density at radius 1 is 0.184 bits per heavy atom. The van der Waals surface area contributed by atoms with E-state index < -0.39 is 0 Å². The van der Waals surface area contributed by atoms with E-state index in [1.807, 2.05) is 84.9 Å². The van der Waals surface area contributed by atoms with Crippen LogP contribution in [0.5, 0.6) is 0 Å². The van der Waals surface area contributed by atoms with Crippen LogP contribution >= 0.6 is 0 Å². The van der Waals surface area contributed by atoms with E-state index in [0.29, 0.717) is 34.9 Å². The lowest BCUT2D eigenvalue weighted by Gasteiger charge is -2.42. The molecule has 4 heterocycles. The molecule has 2 unspecified atom stereocenters. The zero-order valence-corrected chi connectivity index (χ0v) is 52.8. The Hall–Kier alpha value is -13.2. The molecule has 0 radical (unpaired) electrons. The van der Waals surface area contributed by atoms with Crippen molar-refractivity contribution >= 4 is 22.1 Å². The Morgan fingerprint density at radius 3 is 0.786 bits per heavy atom. The molecule has 0 saturated carbocycles. The summed E-state index contributed by atoms with van der Waals surface area (Å²) in [6, 6.07) is 115. The highest BCUT2D eigenvalue weighted by atomic mass is 15.1. The molecule has 3 aliphatic carbocycles. The van der Waals surface area contributed by atoms with E-state index in [-0.39, 0.29) is 11.8 Å². The van der Waals surface area contributed by atoms with Crippen molar-refractivity contribution in [2.45, 2.75) is 11.8 Å². The van der Waals surface area contributed by atoms with Crippen molar-refractivity contribution in [3.8, 4) is 125 Å². The van der Waals surface area contributed by atoms with Gasteiger partial charge in [-0.1, -0.05) is 243 Å². The van der Waals surface area contributed by atoms with Gasteiger partial charge >= 0.3 is 0 Å². The van der Waals surface area contributed by atoms with E-state index in [0.717, 1.165) is 112 Å². The number of nitrogens with zero attached hydrogens (tertiary/aromatic N) is 10. The highest BCUT2D eigenvalue weighted by molar-refractivity contribution is 5.86. The van der Waals surface area contributed by atoms with Gasteiger partial charge in [0.15, 0.2) is 34.9 Å². The number of benzene rings is 13. The number of aromatic nitrogens is 10. The molecule has 10 nitrogen and oxygen atoms in total. The third kappa shape index (κ3) is 9.80. The van der Waals surface area contributed by atoms with Crippen molar-refractivity contribution in [1.82, 2.24) is 49.0 Å². The maximum absolute atomic E-state index is 5.17. The van der Waals surface area contributed by atoms with Gasteiger partial charge in [0.1, 0.15) is 11.6 Å². The van der Waals surface area contributed by atoms with Crippen LogP contribution in [0.25, 0.3) is 147 Å². The summed E-state index contributed by atoms with van der Waals surface area (Å²) in [4.78, 5) is 40.9. The largest absolute Gasteiger partial charge is 0.292 e. The first-order valence-corrected chi connectivity index (χ1v) is 33.0. The van der Waals surface area contributed by atoms with Crippen LogP contribution in [0.4, 0.5) is 0 Å². The Balaban J connectivity index is 0.613. The molecule has 13 aromatic carbocycles. The summed E-state index contributed by atoms with van der Waals surface area (Å²) in [7, 11) is 0. The quantitative estimate of drug-likeness (QED) is 0.119. The third-order valence-electron chi connectivity index (χ3n) is 19.3. The summed E-state index contributed by atoms with van der Waals surface area (Å²) in [5, 5.41) is 0. The van der Waals surface area contributed by atoms with Gasteiger partial charge in [0.2, 0.25) is 0 Å². The lowest BCUT2D eigenvalue weighted by Crippen LogP contribution is -2.27. The molecule has 0 aliphatic heterocycles. The Labute approximate surface area is 565 Å². The van der Waals surface area contributed by atoms with Crippen LogP contribution < -0.4 is 0 Å². The van der Waals surface area contributed by atoms with Gasteiger partial charge in [0, 0.05) is 67.7 Å². The van der Waals surface area contributed by atoms with Crippen molar-refractivity contribution in [3.63, 3.8) is 0 Å². The topological polar surface area (TPSA) is 113 Å². The lowest BCUT2D eigenvalue weighted by atomic mass is 9.60. The summed E-state index contributed by atoms with van der Waals surface area (Å²) in [5.41, 5.74) is 26.2. The molecular formula is C88H56N10. The molecule has 0 saturated heterocycles. The van der Waals surface area contributed by atoms with Crippen molar-refractivity contribution in [2.24, 2.45) is 0 Å². The van der Waals surface area contributed by atoms with Crippen molar-refractivity contribution in [2.75, 3.05) is 0 Å². The second kappa shape index (κ2) is 23.4. The molecule has 0 amide bonds. The Bertz CT molecular complexity index is 5530. The minimum Gasteiger partial charge on any atom is -0.292 e. The molecule has 0 fully saturated rings. The van der Waals surface area contributed by atoms with Crippen molar-refractivity contribution in [3.05, 3.63) is 361 Å². The highest BCUT2D eigenvalue weighted by Gasteiger charge is 2.41. The average molecular weight is 1250 g/mol. The number of para-hydroxylation sites is 4. The number of fused-ring (bicyclic) bond motifs is 2. The van der Waals surface area contributed by atoms with Crippen molar-refractivity contribution < 1.29 is 0 Å². The van der Waals surface area contributed by atoms with Gasteiger partial charge in [-0.2, -0.15) is 0 Å². The van der Waals surface area contributed by atoms with Crippen LogP contribution in [0.2, 0.25) is 0 Å². The van der Waals surface area contributed by atoms with Crippen LogP contribution in [0.3, 0.4) is 0 Å². The van der Waals surface area contributed by atoms with E-state index in [1.165, 1.54) is 33.4 Å². The SMILES string of the molecule is c1ccc(-c2nc(-c3ccc(-c4ccc5c(c4)C4c6ccccc6C5c5cc(-c6ccc(-c7nc(-c8ccccc8)nc(-c8ccc(-n9c(-c%10ccccc%10)nc%10ccccc%109)cc8)n7)cc6)ccc54)cc3)nc(-c3ccc(-n4c(-c5ccccc5)nc5ccccc54)cc3)n2)cc1. The molecule has 10 heteroatoms. The zero-order chi connectivity index (χ0) is 64.6. The summed E-state index contributed by atoms with van der Waals surface area (Å²) >= 11 is 0. The van der Waals surface area contributed by atoms with Gasteiger partial charge in [-0.05, 0) is 141 Å². The molecule has 98 heavy (non-hydrogen) atoms. The third-order valence-corrected chi connectivity index (χ3v) is 19.3. The first-order chi connectivity index (χ1) is 48.5. The van der Waals surface area contributed by atoms with Crippen LogP contribution in [0.1, 0.15) is 45.2 Å². The summed E-state index contributed by atoms with van der Waals surface area (Å²) in [5.74, 6) is 5.57. The molecule has 2 bridgehead atoms. The maximum Gasteiger partial charge on any atom is 0.164 e. The van der Waals surface area contributed by atoms with Gasteiger partial charge in [-0.25, -0.2) is 39.9 Å². The second-order valence-electron chi connectivity index (χ2n) is 25.0. The molecule has 4 aromatic heterocycles. The van der Waals surface area contributed by atoms with Gasteiger partial charge in [-0.15, -0.1) is 0 Å². The number of rotatable bonds is 12. The van der Waals surface area contributed by atoms with Gasteiger partial charge in [0.05, 0.1) is 22.1 Å². The van der Waals surface area contributed by atoms with Crippen LogP contribution in [0.15, 0.2) is 328 Å². The van der Waals surface area contributed by atoms with Gasteiger partial charge < -0.3 is 0 Å². The predicted molar refractivity (Wildman–Crippen MR) is 392 cm³/mol. The lowest BCUT2D eigenvalue weighted by molar-refractivity contribution is 0.755. The van der Waals surface area contributed by atoms with E-state index in [9.17, 15) is 0 Å². The number of imidazole rings is 2. The predicted octanol–water partition coefficient (Wildman–Crippen LogP) is 20.4. The summed E-state index contributed by atoms with van der Waals surface area (Å²) < 4.78 is 4.44. The van der Waals surface area contributed by atoms with Crippen LogP contribution in [-0.2, 0) is 0 Å². The molecule has 458 valence electrons. The molecule has 20 rings (SSSR count). The number of hydrogen-bond acceptors (Lipinski definition) is 8. The highest BCUT2D eigenvalue weighted by Crippen LogP contribution is 2.57. The molecule has 0 N–H and O–H groups in total. The monoisotopic (exact) mass is 1250 g/mol. The summed E-state index contributed by atoms with van der Waals surface area (Å²) in [6.07, 6.45) is 0. The second-order valence-corrected chi connectivity index (χ2v) is 25.0. The fourth-order valence-electron chi connectivity index (χ4n) is 14.6. The fraction of sp³-hybridized carbons (Fsp3) is 0.0227. The molecular weight excluding hydrogens is 1200 g/mol. The number of hydrogen-bond donors (Lipinski definition) is 0. The molecule has 3 aliphatic rings. The van der Waals surface area contributed by atoms with Gasteiger partial charge in [0.25, 0.3) is 0 Å². The molecule has 2 atom stereocenters. The molecule has 0 spiro atoms. The van der Waals surface area contributed by atoms with Gasteiger partial charge in [-0.3, -0.25) is 9.13 Å². The standard InChI is InChI=1S/C88H56N10/c1-5-19-57(20-6-1)81-91-83(95-85(93-81)61-41-47-67(48-42-61)97-77-31-17-15-29-75(77)89-87(97)63-23-9-3-10-24-63)59-37-33-55(34-38-59)65-45-51-71-73(53-65)79-69-27-13-14-28-70(69)80(71)74-54-66(46-52-72(74)79)56-35-39-60(40-36-56)84-92-82(58-21-7-2-8-22-58)94-86(96-84)62-43-49-68(50-44-62)98-78-32-18-16-30-76(78)90-88(98)64-25-11-4-12-26-64/h1-54,79-80H. The van der Waals surface area contributed by atoms with Crippen LogP contribution in [-0.4, -0.2) is 49.0 Å². The summed E-state index contributed by atoms with van der Waals surface area (Å²) in [6.45, 7) is 0. The maximum atomic E-state index is 5.17. The Kier molecular flexibility index (Phi) is 13.4. The van der Waals surface area contributed by atoms with Crippen molar-refractivity contribution in [1.29, 1.82) is 0 Å². The van der Waals surface area contributed by atoms with E-state index in [4.69, 9.17) is 39.9 Å². The fourth-order valence-corrected chi connectivity index (χ4v) is 14.6. The smallest absolute Gasteiger partial charge is 0.164 e. The minimum absolute atomic E-state index is 0.0850. The molecule has 17 aromatic rings. The van der Waals surface area contributed by atoms with Crippen LogP contribution in [0, 0.1) is 0 Å². The minimum atomic E-state index is 0.0850. The first kappa shape index (κ1) is 56.4. The normalized spacial score (nSPS) is 13.5. The Morgan fingerprint density at radius 2 is 0.439 bits per heavy atom. The van der Waals surface area contributed by atoms with E-state index in [2.05, 4.69) is 252 Å². The van der Waals surface area contributed by atoms with E-state index >= 15 is 0 Å². The van der Waals surface area contributed by atoms with E-state index in [1.54, 1.807) is 0 Å². The first-order valence-electron chi connectivity index (χ1n) is 33.0. The average Bonchev–Trinajstić information content (AvgIpc) is 0.975. The zero-order valence-electron chi connectivity index (χ0n) is 52.8.